The molecule has 1 saturated heterocycles. The van der Waals surface area contributed by atoms with Gasteiger partial charge < -0.3 is 11.1 Å². The maximum Gasteiger partial charge on any atom is 0.236 e. The first-order chi connectivity index (χ1) is 7.47. The number of rotatable bonds is 5. The van der Waals surface area contributed by atoms with E-state index in [0.29, 0.717) is 19.3 Å². The quantitative estimate of drug-likeness (QED) is 0.705. The van der Waals surface area contributed by atoms with Crippen molar-refractivity contribution in [1.29, 1.82) is 0 Å². The second-order valence-corrected chi connectivity index (χ2v) is 6.67. The van der Waals surface area contributed by atoms with Gasteiger partial charge in [0.2, 0.25) is 5.91 Å². The number of amides is 1. The van der Waals surface area contributed by atoms with Crippen molar-refractivity contribution in [2.24, 2.45) is 5.73 Å². The molecular formula is C10H20N2O3S. The van der Waals surface area contributed by atoms with Gasteiger partial charge in [-0.25, -0.2) is 8.42 Å². The Bertz CT molecular complexity index is 340. The van der Waals surface area contributed by atoms with Crippen LogP contribution in [0, 0.1) is 0 Å². The van der Waals surface area contributed by atoms with Crippen molar-refractivity contribution in [2.45, 2.75) is 43.9 Å². The van der Waals surface area contributed by atoms with Crippen LogP contribution in [-0.2, 0) is 14.6 Å². The zero-order chi connectivity index (χ0) is 12.2. The minimum atomic E-state index is -2.98. The van der Waals surface area contributed by atoms with Crippen molar-refractivity contribution in [3.8, 4) is 0 Å². The molecule has 2 atom stereocenters. The largest absolute Gasteiger partial charge is 0.353 e. The van der Waals surface area contributed by atoms with E-state index >= 15 is 0 Å². The molecule has 3 N–H and O–H groups in total. The molecule has 0 aromatic rings. The predicted octanol–water partition coefficient (Wildman–Crippen LogP) is -0.193. The summed E-state index contributed by atoms with van der Waals surface area (Å²) in [7, 11) is -2.98. The topological polar surface area (TPSA) is 89.3 Å². The van der Waals surface area contributed by atoms with Crippen molar-refractivity contribution in [3.05, 3.63) is 0 Å². The highest BCUT2D eigenvalue weighted by atomic mass is 32.2. The Morgan fingerprint density at radius 3 is 2.75 bits per heavy atom. The van der Waals surface area contributed by atoms with Gasteiger partial charge in [0, 0.05) is 6.54 Å². The predicted molar refractivity (Wildman–Crippen MR) is 62.7 cm³/mol. The highest BCUT2D eigenvalue weighted by Crippen LogP contribution is 2.18. The zero-order valence-electron chi connectivity index (χ0n) is 9.61. The molecule has 0 aromatic carbocycles. The lowest BCUT2D eigenvalue weighted by Gasteiger charge is -2.14. The van der Waals surface area contributed by atoms with Gasteiger partial charge in [0.25, 0.3) is 0 Å². The summed E-state index contributed by atoms with van der Waals surface area (Å²) < 4.78 is 23.0. The van der Waals surface area contributed by atoms with Gasteiger partial charge in [0.15, 0.2) is 9.84 Å². The monoisotopic (exact) mass is 248 g/mol. The van der Waals surface area contributed by atoms with Crippen LogP contribution < -0.4 is 11.1 Å². The lowest BCUT2D eigenvalue weighted by Crippen LogP contribution is -2.44. The first-order valence-corrected chi connectivity index (χ1v) is 7.43. The van der Waals surface area contributed by atoms with E-state index < -0.39 is 21.1 Å². The highest BCUT2D eigenvalue weighted by molar-refractivity contribution is 7.92. The Balaban J connectivity index is 2.37. The van der Waals surface area contributed by atoms with Crippen LogP contribution in [0.25, 0.3) is 0 Å². The fourth-order valence-corrected chi connectivity index (χ4v) is 3.64. The third-order valence-electron chi connectivity index (χ3n) is 2.90. The van der Waals surface area contributed by atoms with Crippen LogP contribution in [0.3, 0.4) is 0 Å². The fraction of sp³-hybridized carbons (Fsp3) is 0.900. The molecular weight excluding hydrogens is 228 g/mol. The van der Waals surface area contributed by atoms with Gasteiger partial charge in [-0.1, -0.05) is 13.3 Å². The number of carbonyl (C=O) groups excluding carboxylic acids is 1. The molecule has 0 saturated carbocycles. The summed E-state index contributed by atoms with van der Waals surface area (Å²) in [6, 6.07) is -0.519. The van der Waals surface area contributed by atoms with Crippen molar-refractivity contribution < 1.29 is 13.2 Å². The highest BCUT2D eigenvalue weighted by Gasteiger charge is 2.31. The van der Waals surface area contributed by atoms with Crippen LogP contribution >= 0.6 is 0 Å². The van der Waals surface area contributed by atoms with Gasteiger partial charge >= 0.3 is 0 Å². The lowest BCUT2D eigenvalue weighted by molar-refractivity contribution is -0.122. The molecule has 0 aliphatic carbocycles. The molecule has 94 valence electrons. The van der Waals surface area contributed by atoms with Crippen molar-refractivity contribution in [1.82, 2.24) is 5.32 Å². The SMILES string of the molecule is CCCC(N)C(=O)NCC1CCCS1(=O)=O. The normalized spacial score (nSPS) is 25.2. The second kappa shape index (κ2) is 5.63. The van der Waals surface area contributed by atoms with Gasteiger partial charge in [-0.2, -0.15) is 0 Å². The van der Waals surface area contributed by atoms with E-state index in [4.69, 9.17) is 5.73 Å². The van der Waals surface area contributed by atoms with Crippen LogP contribution in [0.15, 0.2) is 0 Å². The number of carbonyl (C=O) groups is 1. The number of nitrogens with one attached hydrogen (secondary N) is 1. The van der Waals surface area contributed by atoms with E-state index in [0.717, 1.165) is 6.42 Å². The molecule has 1 fully saturated rings. The van der Waals surface area contributed by atoms with Gasteiger partial charge in [-0.15, -0.1) is 0 Å². The van der Waals surface area contributed by atoms with Crippen LogP contribution in [0.4, 0.5) is 0 Å². The van der Waals surface area contributed by atoms with E-state index in [9.17, 15) is 13.2 Å². The minimum absolute atomic E-state index is 0.207. The molecule has 1 aliphatic rings. The molecule has 1 heterocycles. The third-order valence-corrected chi connectivity index (χ3v) is 5.18. The van der Waals surface area contributed by atoms with Gasteiger partial charge in [0.1, 0.15) is 0 Å². The van der Waals surface area contributed by atoms with Crippen LogP contribution in [0.1, 0.15) is 32.6 Å². The number of sulfone groups is 1. The Morgan fingerprint density at radius 2 is 2.25 bits per heavy atom. The Morgan fingerprint density at radius 1 is 1.56 bits per heavy atom. The second-order valence-electron chi connectivity index (χ2n) is 4.27. The molecule has 0 radical (unpaired) electrons. The molecule has 2 unspecified atom stereocenters. The summed E-state index contributed by atoms with van der Waals surface area (Å²) in [6.45, 7) is 2.16. The summed E-state index contributed by atoms with van der Waals surface area (Å²) in [6.07, 6.45) is 2.81. The maximum atomic E-state index is 11.5. The zero-order valence-corrected chi connectivity index (χ0v) is 10.4. The summed E-state index contributed by atoms with van der Waals surface area (Å²) >= 11 is 0. The molecule has 1 rings (SSSR count). The molecule has 5 nitrogen and oxygen atoms in total. The average molecular weight is 248 g/mol. The van der Waals surface area contributed by atoms with Crippen molar-refractivity contribution >= 4 is 15.7 Å². The molecule has 1 amide bonds. The van der Waals surface area contributed by atoms with E-state index in [1.54, 1.807) is 0 Å². The summed E-state index contributed by atoms with van der Waals surface area (Å²) in [5, 5.41) is 2.21. The van der Waals surface area contributed by atoms with Crippen LogP contribution in [-0.4, -0.2) is 37.9 Å². The van der Waals surface area contributed by atoms with Crippen LogP contribution in [0.5, 0.6) is 0 Å². The minimum Gasteiger partial charge on any atom is -0.353 e. The van der Waals surface area contributed by atoms with Crippen molar-refractivity contribution in [2.75, 3.05) is 12.3 Å². The fourth-order valence-electron chi connectivity index (χ4n) is 1.88. The molecule has 0 aromatic heterocycles. The smallest absolute Gasteiger partial charge is 0.236 e. The summed E-state index contributed by atoms with van der Waals surface area (Å²) in [5.74, 6) is -0.00175. The Kier molecular flexibility index (Phi) is 4.73. The van der Waals surface area contributed by atoms with E-state index in [-0.39, 0.29) is 18.2 Å². The van der Waals surface area contributed by atoms with Gasteiger partial charge in [-0.3, -0.25) is 4.79 Å². The summed E-state index contributed by atoms with van der Waals surface area (Å²) in [4.78, 5) is 11.5. The molecule has 1 aliphatic heterocycles. The molecule has 6 heteroatoms. The van der Waals surface area contributed by atoms with E-state index in [1.807, 2.05) is 6.92 Å². The number of hydrogen-bond donors (Lipinski definition) is 2. The molecule has 16 heavy (non-hydrogen) atoms. The number of nitrogens with two attached hydrogens (primary N) is 1. The van der Waals surface area contributed by atoms with Gasteiger partial charge in [-0.05, 0) is 19.3 Å². The van der Waals surface area contributed by atoms with Crippen LogP contribution in [0.2, 0.25) is 0 Å². The van der Waals surface area contributed by atoms with Crippen molar-refractivity contribution in [3.63, 3.8) is 0 Å². The average Bonchev–Trinajstić information content (AvgIpc) is 2.54. The standard InChI is InChI=1S/C10H20N2O3S/c1-2-4-9(11)10(13)12-7-8-5-3-6-16(8,14)15/h8-9H,2-7,11H2,1H3,(H,12,13). The third kappa shape index (κ3) is 3.45. The maximum absolute atomic E-state index is 11.5. The molecule has 0 spiro atoms. The number of hydrogen-bond acceptors (Lipinski definition) is 4. The first-order valence-electron chi connectivity index (χ1n) is 5.72. The Hall–Kier alpha value is -0.620. The van der Waals surface area contributed by atoms with E-state index in [1.165, 1.54) is 0 Å². The van der Waals surface area contributed by atoms with Gasteiger partial charge in [0.05, 0.1) is 17.0 Å². The molecule has 0 bridgehead atoms. The summed E-state index contributed by atoms with van der Waals surface area (Å²) in [5.41, 5.74) is 5.62. The lowest BCUT2D eigenvalue weighted by atomic mass is 10.1. The Labute approximate surface area is 96.7 Å². The van der Waals surface area contributed by atoms with E-state index in [2.05, 4.69) is 5.32 Å². The first kappa shape index (κ1) is 13.4.